The number of rotatable bonds is 6. The summed E-state index contributed by atoms with van der Waals surface area (Å²) in [5, 5.41) is 2.16. The molecule has 2 heterocycles. The van der Waals surface area contributed by atoms with Crippen molar-refractivity contribution >= 4 is 21.9 Å². The van der Waals surface area contributed by atoms with Gasteiger partial charge in [0.25, 0.3) is 0 Å². The second-order valence-corrected chi connectivity index (χ2v) is 15.1. The van der Waals surface area contributed by atoms with E-state index in [-0.39, 0.29) is 5.41 Å². The molecule has 0 amide bonds. The highest BCUT2D eigenvalue weighted by Crippen LogP contribution is 2.55. The van der Waals surface area contributed by atoms with Crippen LogP contribution in [0.5, 0.6) is 0 Å². The number of para-hydroxylation sites is 1. The van der Waals surface area contributed by atoms with Crippen LogP contribution in [0.15, 0.2) is 205 Å². The highest BCUT2D eigenvalue weighted by Gasteiger charge is 2.41. The van der Waals surface area contributed by atoms with E-state index in [0.29, 0.717) is 5.82 Å². The van der Waals surface area contributed by atoms with Crippen molar-refractivity contribution in [3.63, 3.8) is 0 Å². The molecule has 3 heteroatoms. The first kappa shape index (κ1) is 33.0. The van der Waals surface area contributed by atoms with Crippen molar-refractivity contribution < 1.29 is 4.42 Å². The van der Waals surface area contributed by atoms with Gasteiger partial charge in [-0.15, -0.1) is 0 Å². The monoisotopic (exact) mass is 728 g/mol. The summed E-state index contributed by atoms with van der Waals surface area (Å²) in [6.07, 6.45) is 0. The molecule has 3 nitrogen and oxygen atoms in total. The van der Waals surface area contributed by atoms with Crippen LogP contribution in [-0.2, 0) is 5.41 Å². The Morgan fingerprint density at radius 1 is 0.386 bits per heavy atom. The van der Waals surface area contributed by atoms with Crippen molar-refractivity contribution in [1.82, 2.24) is 9.97 Å². The van der Waals surface area contributed by atoms with Gasteiger partial charge in [0.05, 0.1) is 11.4 Å². The Balaban J connectivity index is 1.15. The van der Waals surface area contributed by atoms with Crippen LogP contribution in [0.4, 0.5) is 0 Å². The summed E-state index contributed by atoms with van der Waals surface area (Å²) in [5.41, 5.74) is 17.3. The Morgan fingerprint density at radius 2 is 0.982 bits per heavy atom. The number of nitrogens with zero attached hydrogens (tertiary/aromatic N) is 2. The Kier molecular flexibility index (Phi) is 7.61. The zero-order chi connectivity index (χ0) is 37.9. The SMILES string of the molecule is CC1(c2ccccc2)c2ccccc2-c2c(-c3cc(-c4ccccc4)cc(-c4cc(-c5ccc6oc7ccccc7c6c5)nc(-c5ccccc5)n4)c3)cccc21. The van der Waals surface area contributed by atoms with E-state index in [9.17, 15) is 0 Å². The maximum absolute atomic E-state index is 6.20. The van der Waals surface area contributed by atoms with E-state index in [0.717, 1.165) is 66.7 Å². The lowest BCUT2D eigenvalue weighted by Crippen LogP contribution is -2.22. The average molecular weight is 729 g/mol. The van der Waals surface area contributed by atoms with Gasteiger partial charge in [0, 0.05) is 32.9 Å². The van der Waals surface area contributed by atoms with E-state index in [4.69, 9.17) is 14.4 Å². The molecule has 1 atom stereocenters. The van der Waals surface area contributed by atoms with Gasteiger partial charge >= 0.3 is 0 Å². The summed E-state index contributed by atoms with van der Waals surface area (Å²) >= 11 is 0. The zero-order valence-corrected chi connectivity index (χ0v) is 31.4. The summed E-state index contributed by atoms with van der Waals surface area (Å²) in [6.45, 7) is 2.37. The topological polar surface area (TPSA) is 38.9 Å². The minimum atomic E-state index is -0.295. The quantitative estimate of drug-likeness (QED) is 0.171. The summed E-state index contributed by atoms with van der Waals surface area (Å²) in [6, 6.07) is 71.2. The van der Waals surface area contributed by atoms with Crippen LogP contribution in [0.1, 0.15) is 23.6 Å². The van der Waals surface area contributed by atoms with Crippen molar-refractivity contribution in [2.24, 2.45) is 0 Å². The third-order valence-electron chi connectivity index (χ3n) is 11.8. The number of benzene rings is 8. The van der Waals surface area contributed by atoms with Gasteiger partial charge in [-0.1, -0.05) is 152 Å². The first-order valence-electron chi connectivity index (χ1n) is 19.5. The second kappa shape index (κ2) is 13.1. The Bertz CT molecular complexity index is 3130. The van der Waals surface area contributed by atoms with E-state index in [1.807, 2.05) is 30.3 Å². The van der Waals surface area contributed by atoms with Crippen molar-refractivity contribution in [2.75, 3.05) is 0 Å². The van der Waals surface area contributed by atoms with Crippen LogP contribution in [0.2, 0.25) is 0 Å². The fraction of sp³-hybridized carbons (Fsp3) is 0.0370. The van der Waals surface area contributed by atoms with E-state index >= 15 is 0 Å². The van der Waals surface area contributed by atoms with Crippen LogP contribution in [0.25, 0.3) is 89.2 Å². The molecule has 0 saturated carbocycles. The smallest absolute Gasteiger partial charge is 0.160 e. The second-order valence-electron chi connectivity index (χ2n) is 15.1. The molecule has 8 aromatic carbocycles. The fourth-order valence-corrected chi connectivity index (χ4v) is 8.94. The highest BCUT2D eigenvalue weighted by atomic mass is 16.3. The molecule has 57 heavy (non-hydrogen) atoms. The maximum Gasteiger partial charge on any atom is 0.160 e. The van der Waals surface area contributed by atoms with Crippen molar-refractivity contribution in [2.45, 2.75) is 12.3 Å². The number of fused-ring (bicyclic) bond motifs is 6. The standard InChI is InChI=1S/C54H36N2O/c1-54(41-20-9-4-10-21-41)46-25-13-11-23-44(46)52-42(24-15-26-47(52)54)39-30-38(35-16-5-2-6-17-35)31-40(32-39)49-34-48(55-53(56-49)36-18-7-3-8-19-36)37-28-29-51-45(33-37)43-22-12-14-27-50(43)57-51/h2-34H,1H3. The van der Waals surface area contributed by atoms with Gasteiger partial charge in [-0.2, -0.15) is 0 Å². The molecule has 1 aliphatic carbocycles. The molecular formula is C54H36N2O. The molecule has 0 N–H and O–H groups in total. The van der Waals surface area contributed by atoms with E-state index in [1.54, 1.807) is 0 Å². The third-order valence-corrected chi connectivity index (χ3v) is 11.8. The van der Waals surface area contributed by atoms with Gasteiger partial charge in [0.2, 0.25) is 0 Å². The number of furan rings is 1. The van der Waals surface area contributed by atoms with Gasteiger partial charge in [-0.3, -0.25) is 0 Å². The van der Waals surface area contributed by atoms with Crippen molar-refractivity contribution in [3.05, 3.63) is 217 Å². The Labute approximate surface area is 331 Å². The fourth-order valence-electron chi connectivity index (χ4n) is 8.94. The van der Waals surface area contributed by atoms with Crippen LogP contribution in [0, 0.1) is 0 Å². The Morgan fingerprint density at radius 3 is 1.79 bits per heavy atom. The molecule has 268 valence electrons. The van der Waals surface area contributed by atoms with Gasteiger partial charge < -0.3 is 4.42 Å². The first-order chi connectivity index (χ1) is 28.1. The van der Waals surface area contributed by atoms with Gasteiger partial charge in [0.1, 0.15) is 11.2 Å². The van der Waals surface area contributed by atoms with Crippen LogP contribution < -0.4 is 0 Å². The third kappa shape index (κ3) is 5.43. The summed E-state index contributed by atoms with van der Waals surface area (Å²) < 4.78 is 6.20. The summed E-state index contributed by atoms with van der Waals surface area (Å²) in [5.74, 6) is 0.681. The molecular weight excluding hydrogens is 693 g/mol. The molecule has 0 saturated heterocycles. The lowest BCUT2D eigenvalue weighted by atomic mass is 9.74. The van der Waals surface area contributed by atoms with E-state index in [1.165, 1.54) is 33.4 Å². The predicted molar refractivity (Wildman–Crippen MR) is 234 cm³/mol. The number of hydrogen-bond donors (Lipinski definition) is 0. The van der Waals surface area contributed by atoms with Crippen LogP contribution in [-0.4, -0.2) is 9.97 Å². The lowest BCUT2D eigenvalue weighted by molar-refractivity contribution is 0.669. The minimum absolute atomic E-state index is 0.295. The molecule has 2 aromatic heterocycles. The largest absolute Gasteiger partial charge is 0.456 e. The molecule has 0 bridgehead atoms. The highest BCUT2D eigenvalue weighted by molar-refractivity contribution is 6.06. The molecule has 0 spiro atoms. The number of hydrogen-bond acceptors (Lipinski definition) is 3. The maximum atomic E-state index is 6.20. The van der Waals surface area contributed by atoms with Crippen LogP contribution in [0.3, 0.4) is 0 Å². The molecule has 11 rings (SSSR count). The predicted octanol–water partition coefficient (Wildman–Crippen LogP) is 14.0. The lowest BCUT2D eigenvalue weighted by Gasteiger charge is -2.28. The number of aromatic nitrogens is 2. The summed E-state index contributed by atoms with van der Waals surface area (Å²) in [7, 11) is 0. The molecule has 0 aliphatic heterocycles. The van der Waals surface area contributed by atoms with Crippen molar-refractivity contribution in [1.29, 1.82) is 0 Å². The average Bonchev–Trinajstić information content (AvgIpc) is 3.80. The van der Waals surface area contributed by atoms with Gasteiger partial charge in [-0.05, 0) is 106 Å². The summed E-state index contributed by atoms with van der Waals surface area (Å²) in [4.78, 5) is 10.5. The molecule has 0 fully saturated rings. The van der Waals surface area contributed by atoms with E-state index in [2.05, 4.69) is 177 Å². The normalized spacial score (nSPS) is 14.5. The Hall–Kier alpha value is -7.36. The molecule has 1 aliphatic rings. The molecule has 10 aromatic rings. The van der Waals surface area contributed by atoms with Gasteiger partial charge in [0.15, 0.2) is 5.82 Å². The first-order valence-corrected chi connectivity index (χ1v) is 19.5. The minimum Gasteiger partial charge on any atom is -0.456 e. The van der Waals surface area contributed by atoms with Gasteiger partial charge in [-0.25, -0.2) is 9.97 Å². The van der Waals surface area contributed by atoms with E-state index < -0.39 is 0 Å². The molecule has 1 unspecified atom stereocenters. The molecule has 0 radical (unpaired) electrons. The zero-order valence-electron chi connectivity index (χ0n) is 31.4. The van der Waals surface area contributed by atoms with Crippen LogP contribution >= 0.6 is 0 Å². The van der Waals surface area contributed by atoms with Crippen molar-refractivity contribution in [3.8, 4) is 67.3 Å².